The lowest BCUT2D eigenvalue weighted by Crippen LogP contribution is -2.37. The second-order valence-electron chi connectivity index (χ2n) is 2.95. The summed E-state index contributed by atoms with van der Waals surface area (Å²) in [5, 5.41) is 11.4. The average molecular weight is 208 g/mol. The number of hydrogen-bond donors (Lipinski definition) is 3. The fourth-order valence-corrected chi connectivity index (χ4v) is 1.59. The molecule has 0 rings (SSSR count). The van der Waals surface area contributed by atoms with Crippen LogP contribution >= 0.6 is 0 Å². The van der Waals surface area contributed by atoms with Crippen molar-refractivity contribution in [2.45, 2.75) is 19.4 Å². The van der Waals surface area contributed by atoms with Gasteiger partial charge < -0.3 is 10.4 Å². The van der Waals surface area contributed by atoms with E-state index < -0.39 is 21.7 Å². The van der Waals surface area contributed by atoms with Crippen LogP contribution in [0.3, 0.4) is 0 Å². The standard InChI is InChI=1S/C7H16N2O3S/c1-3-9-6(7(10)11)4-5-13(2,8)12/h6,8-9H,3-5H2,1-2H3,(H,10,11). The molecule has 6 heteroatoms. The second-order valence-corrected chi connectivity index (χ2v) is 5.36. The van der Waals surface area contributed by atoms with E-state index in [4.69, 9.17) is 9.89 Å². The first-order chi connectivity index (χ1) is 5.87. The van der Waals surface area contributed by atoms with Gasteiger partial charge in [0.25, 0.3) is 0 Å². The lowest BCUT2D eigenvalue weighted by molar-refractivity contribution is -0.139. The van der Waals surface area contributed by atoms with Crippen molar-refractivity contribution in [3.05, 3.63) is 0 Å². The highest BCUT2D eigenvalue weighted by Crippen LogP contribution is 1.97. The Kier molecular flexibility index (Phi) is 4.94. The zero-order chi connectivity index (χ0) is 10.5. The Balaban J connectivity index is 4.05. The summed E-state index contributed by atoms with van der Waals surface area (Å²) >= 11 is 0. The van der Waals surface area contributed by atoms with Gasteiger partial charge >= 0.3 is 5.97 Å². The molecular formula is C7H16N2O3S. The molecule has 0 aliphatic carbocycles. The number of likely N-dealkylation sites (N-methyl/N-ethyl adjacent to an activating group) is 1. The summed E-state index contributed by atoms with van der Waals surface area (Å²) in [6, 6.07) is -0.684. The van der Waals surface area contributed by atoms with Gasteiger partial charge in [0, 0.05) is 21.7 Å². The molecule has 0 aromatic carbocycles. The molecular weight excluding hydrogens is 192 g/mol. The molecule has 0 radical (unpaired) electrons. The van der Waals surface area contributed by atoms with Crippen LogP contribution in [0.2, 0.25) is 0 Å². The number of carboxylic acids is 1. The molecule has 5 nitrogen and oxygen atoms in total. The molecule has 0 aliphatic rings. The summed E-state index contributed by atoms with van der Waals surface area (Å²) in [6.07, 6.45) is 1.56. The van der Waals surface area contributed by atoms with E-state index in [0.29, 0.717) is 6.54 Å². The van der Waals surface area contributed by atoms with Gasteiger partial charge in [-0.1, -0.05) is 6.92 Å². The zero-order valence-corrected chi connectivity index (χ0v) is 8.69. The van der Waals surface area contributed by atoms with E-state index in [1.807, 2.05) is 0 Å². The van der Waals surface area contributed by atoms with E-state index >= 15 is 0 Å². The largest absolute Gasteiger partial charge is 0.480 e. The maximum Gasteiger partial charge on any atom is 0.320 e. The van der Waals surface area contributed by atoms with E-state index in [2.05, 4.69) is 5.32 Å². The van der Waals surface area contributed by atoms with E-state index in [-0.39, 0.29) is 12.2 Å². The van der Waals surface area contributed by atoms with Crippen LogP contribution in [0.1, 0.15) is 13.3 Å². The monoisotopic (exact) mass is 208 g/mol. The lowest BCUT2D eigenvalue weighted by Gasteiger charge is -2.12. The molecule has 0 heterocycles. The molecule has 2 unspecified atom stereocenters. The third kappa shape index (κ3) is 6.53. The summed E-state index contributed by atoms with van der Waals surface area (Å²) in [5.41, 5.74) is 0. The smallest absolute Gasteiger partial charge is 0.320 e. The fourth-order valence-electron chi connectivity index (χ4n) is 0.902. The van der Waals surface area contributed by atoms with Gasteiger partial charge in [-0.2, -0.15) is 0 Å². The third-order valence-corrected chi connectivity index (χ3v) is 2.56. The second kappa shape index (κ2) is 5.18. The number of carboxylic acid groups (broad SMARTS) is 1. The molecule has 0 bridgehead atoms. The first-order valence-electron chi connectivity index (χ1n) is 4.04. The highest BCUT2D eigenvalue weighted by Gasteiger charge is 2.16. The molecule has 0 aromatic heterocycles. The van der Waals surface area contributed by atoms with Crippen molar-refractivity contribution in [3.8, 4) is 0 Å². The van der Waals surface area contributed by atoms with Crippen LogP contribution in [0.15, 0.2) is 0 Å². The van der Waals surface area contributed by atoms with Gasteiger partial charge in [-0.05, 0) is 13.0 Å². The molecule has 0 saturated heterocycles. The van der Waals surface area contributed by atoms with Gasteiger partial charge in [0.05, 0.1) is 0 Å². The Morgan fingerprint density at radius 1 is 1.69 bits per heavy atom. The van der Waals surface area contributed by atoms with Crippen molar-refractivity contribution in [3.63, 3.8) is 0 Å². The molecule has 0 aliphatic heterocycles. The van der Waals surface area contributed by atoms with E-state index in [1.165, 1.54) is 6.26 Å². The third-order valence-electron chi connectivity index (χ3n) is 1.54. The molecule has 0 aromatic rings. The predicted molar refractivity (Wildman–Crippen MR) is 51.4 cm³/mol. The number of aliphatic carboxylic acids is 1. The quantitative estimate of drug-likeness (QED) is 0.578. The normalized spacial score (nSPS) is 17.7. The van der Waals surface area contributed by atoms with Crippen molar-refractivity contribution >= 4 is 15.7 Å². The van der Waals surface area contributed by atoms with E-state index in [0.717, 1.165) is 0 Å². The number of carbonyl (C=O) groups is 1. The Bertz CT molecular complexity index is 261. The Labute approximate surface area is 78.5 Å². The van der Waals surface area contributed by atoms with Gasteiger partial charge in [-0.25, -0.2) is 0 Å². The molecule has 13 heavy (non-hydrogen) atoms. The molecule has 78 valence electrons. The van der Waals surface area contributed by atoms with E-state index in [1.54, 1.807) is 6.92 Å². The minimum atomic E-state index is -2.57. The van der Waals surface area contributed by atoms with Crippen LogP contribution in [-0.4, -0.2) is 39.9 Å². The minimum absolute atomic E-state index is 0.122. The van der Waals surface area contributed by atoms with Crippen LogP contribution in [0.25, 0.3) is 0 Å². The number of nitrogens with one attached hydrogen (secondary N) is 2. The summed E-state index contributed by atoms with van der Waals surface area (Å²) in [5.74, 6) is -0.831. The van der Waals surface area contributed by atoms with Gasteiger partial charge in [-0.3, -0.25) is 13.8 Å². The van der Waals surface area contributed by atoms with Crippen molar-refractivity contribution in [2.24, 2.45) is 0 Å². The van der Waals surface area contributed by atoms with E-state index in [9.17, 15) is 9.00 Å². The number of hydrogen-bond acceptors (Lipinski definition) is 4. The van der Waals surface area contributed by atoms with Crippen LogP contribution in [0.4, 0.5) is 0 Å². The maximum atomic E-state index is 11.0. The van der Waals surface area contributed by atoms with Crippen molar-refractivity contribution < 1.29 is 14.1 Å². The molecule has 0 amide bonds. The topological polar surface area (TPSA) is 90.3 Å². The molecule has 0 spiro atoms. The van der Waals surface area contributed by atoms with Crippen LogP contribution in [0.5, 0.6) is 0 Å². The lowest BCUT2D eigenvalue weighted by atomic mass is 10.2. The summed E-state index contributed by atoms with van der Waals surface area (Å²) < 4.78 is 18.1. The zero-order valence-electron chi connectivity index (χ0n) is 7.87. The minimum Gasteiger partial charge on any atom is -0.480 e. The first kappa shape index (κ1) is 12.4. The highest BCUT2D eigenvalue weighted by atomic mass is 32.2. The fraction of sp³-hybridized carbons (Fsp3) is 0.857. The SMILES string of the molecule is CCNC(CCS(C)(=N)=O)C(=O)O. The first-order valence-corrected chi connectivity index (χ1v) is 6.18. The Hall–Kier alpha value is -0.620. The van der Waals surface area contributed by atoms with Crippen molar-refractivity contribution in [2.75, 3.05) is 18.6 Å². The summed E-state index contributed by atoms with van der Waals surface area (Å²) in [4.78, 5) is 10.6. The van der Waals surface area contributed by atoms with Gasteiger partial charge in [0.2, 0.25) is 0 Å². The predicted octanol–water partition coefficient (Wildman–Crippen LogP) is 0.116. The van der Waals surface area contributed by atoms with Crippen LogP contribution in [0, 0.1) is 4.78 Å². The summed E-state index contributed by atoms with van der Waals surface area (Å²) in [6.45, 7) is 2.36. The molecule has 3 N–H and O–H groups in total. The highest BCUT2D eigenvalue weighted by molar-refractivity contribution is 7.91. The van der Waals surface area contributed by atoms with Crippen molar-refractivity contribution in [1.29, 1.82) is 4.78 Å². The summed E-state index contributed by atoms with van der Waals surface area (Å²) in [7, 11) is -2.57. The van der Waals surface area contributed by atoms with Gasteiger partial charge in [0.1, 0.15) is 6.04 Å². The van der Waals surface area contributed by atoms with Gasteiger partial charge in [0.15, 0.2) is 0 Å². The Morgan fingerprint density at radius 3 is 2.54 bits per heavy atom. The molecule has 2 atom stereocenters. The van der Waals surface area contributed by atoms with Crippen molar-refractivity contribution in [1.82, 2.24) is 5.32 Å². The average Bonchev–Trinajstić information content (AvgIpc) is 1.95. The Morgan fingerprint density at radius 2 is 2.23 bits per heavy atom. The maximum absolute atomic E-state index is 11.0. The van der Waals surface area contributed by atoms with Crippen LogP contribution in [-0.2, 0) is 14.5 Å². The number of rotatable bonds is 6. The molecule has 0 fully saturated rings. The van der Waals surface area contributed by atoms with Crippen LogP contribution < -0.4 is 5.32 Å². The molecule has 0 saturated carbocycles. The van der Waals surface area contributed by atoms with Gasteiger partial charge in [-0.15, -0.1) is 0 Å².